The molecule has 1 aliphatic carbocycles. The second-order valence-corrected chi connectivity index (χ2v) is 8.33. The molecule has 29 heavy (non-hydrogen) atoms. The Bertz CT molecular complexity index is 781. The predicted molar refractivity (Wildman–Crippen MR) is 105 cm³/mol. The van der Waals surface area contributed by atoms with Gasteiger partial charge < -0.3 is 10.2 Å². The summed E-state index contributed by atoms with van der Waals surface area (Å²) >= 11 is 0. The van der Waals surface area contributed by atoms with Crippen LogP contribution in [0.25, 0.3) is 0 Å². The zero-order valence-corrected chi connectivity index (χ0v) is 16.3. The van der Waals surface area contributed by atoms with Crippen molar-refractivity contribution in [1.29, 1.82) is 0 Å². The molecule has 1 aromatic carbocycles. The predicted octanol–water partition coefficient (Wildman–Crippen LogP) is 3.26. The molecule has 3 fully saturated rings. The number of halogens is 2. The Kier molecular flexibility index (Phi) is 5.52. The van der Waals surface area contributed by atoms with E-state index in [0.29, 0.717) is 25.6 Å². The Balaban J connectivity index is 1.55. The molecule has 3 atom stereocenters. The summed E-state index contributed by atoms with van der Waals surface area (Å²) in [5.74, 6) is 0.451. The molecule has 1 aromatic rings. The van der Waals surface area contributed by atoms with E-state index in [2.05, 4.69) is 16.8 Å². The Morgan fingerprint density at radius 1 is 1.24 bits per heavy atom. The van der Waals surface area contributed by atoms with Crippen LogP contribution >= 0.6 is 0 Å². The van der Waals surface area contributed by atoms with Crippen molar-refractivity contribution in [2.45, 2.75) is 44.3 Å². The number of hydrazine groups is 1. The summed E-state index contributed by atoms with van der Waals surface area (Å²) in [4.78, 5) is 27.8. The van der Waals surface area contributed by atoms with Crippen molar-refractivity contribution >= 4 is 11.6 Å². The van der Waals surface area contributed by atoms with Crippen molar-refractivity contribution in [3.05, 3.63) is 47.4 Å². The van der Waals surface area contributed by atoms with Gasteiger partial charge in [0, 0.05) is 36.7 Å². The van der Waals surface area contributed by atoms with Gasteiger partial charge in [0.1, 0.15) is 4.87 Å². The van der Waals surface area contributed by atoms with E-state index >= 15 is 0 Å². The number of benzene rings is 1. The maximum atomic E-state index is 13.0. The lowest BCUT2D eigenvalue weighted by Crippen LogP contribution is -2.58. The summed E-state index contributed by atoms with van der Waals surface area (Å²) in [5.41, 5.74) is 0.811. The van der Waals surface area contributed by atoms with Gasteiger partial charge in [-0.3, -0.25) is 4.79 Å². The minimum absolute atomic E-state index is 0.0131. The molecule has 6 nitrogen and oxygen atoms in total. The lowest BCUT2D eigenvalue weighted by Gasteiger charge is -2.40. The Morgan fingerprint density at radius 3 is 2.59 bits per heavy atom. The molecule has 1 saturated carbocycles. The van der Waals surface area contributed by atoms with Gasteiger partial charge >= 0.3 is 0 Å². The zero-order valence-electron chi connectivity index (χ0n) is 16.3. The molecule has 0 aromatic heterocycles. The fourth-order valence-electron chi connectivity index (χ4n) is 4.47. The molecule has 4 rings (SSSR count). The fraction of sp³-hybridized carbons (Fsp3) is 0.571. The van der Waals surface area contributed by atoms with E-state index in [1.54, 1.807) is 12.1 Å². The molecule has 2 aliphatic heterocycles. The van der Waals surface area contributed by atoms with E-state index < -0.39 is 6.43 Å². The highest BCUT2D eigenvalue weighted by molar-refractivity contribution is 5.86. The van der Waals surface area contributed by atoms with Crippen LogP contribution in [0.5, 0.6) is 0 Å². The van der Waals surface area contributed by atoms with Gasteiger partial charge in [0.2, 0.25) is 11.9 Å². The topological polar surface area (TPSA) is 55.7 Å². The number of carbonyl (C=O) groups excluding carboxylic acids is 1. The van der Waals surface area contributed by atoms with Crippen molar-refractivity contribution in [3.63, 3.8) is 0 Å². The first-order valence-electron chi connectivity index (χ1n) is 10.2. The molecular formula is C21H27F2N4O2+. The minimum Gasteiger partial charge on any atom is -0.352 e. The van der Waals surface area contributed by atoms with Crippen LogP contribution in [0.15, 0.2) is 36.9 Å². The monoisotopic (exact) mass is 405 g/mol. The van der Waals surface area contributed by atoms with E-state index in [1.165, 1.54) is 31.1 Å². The highest BCUT2D eigenvalue weighted by Crippen LogP contribution is 2.40. The van der Waals surface area contributed by atoms with Crippen molar-refractivity contribution in [2.24, 2.45) is 11.8 Å². The number of fused-ring (bicyclic) bond motifs is 1. The van der Waals surface area contributed by atoms with Gasteiger partial charge in [-0.25, -0.2) is 8.78 Å². The molecule has 3 aliphatic rings. The first-order valence-corrected chi connectivity index (χ1v) is 10.2. The molecule has 1 N–H and O–H groups in total. The number of hydrogen-bond acceptors (Lipinski definition) is 3. The van der Waals surface area contributed by atoms with E-state index in [0.717, 1.165) is 23.4 Å². The quantitative estimate of drug-likeness (QED) is 0.559. The number of hydrogen-bond donors (Lipinski definition) is 1. The van der Waals surface area contributed by atoms with Gasteiger partial charge in [-0.2, -0.15) is 0 Å². The van der Waals surface area contributed by atoms with Crippen molar-refractivity contribution in [1.82, 2.24) is 10.3 Å². The highest BCUT2D eigenvalue weighted by atomic mass is 19.3. The normalized spacial score (nSPS) is 26.6. The fourth-order valence-corrected chi connectivity index (χ4v) is 4.47. The molecular weight excluding hydrogens is 378 g/mol. The van der Waals surface area contributed by atoms with Crippen LogP contribution in [0.4, 0.5) is 14.5 Å². The van der Waals surface area contributed by atoms with Gasteiger partial charge in [0.25, 0.3) is 6.43 Å². The maximum absolute atomic E-state index is 13.0. The molecule has 1 amide bonds. The number of amides is 1. The van der Waals surface area contributed by atoms with E-state index in [4.69, 9.17) is 0 Å². The molecule has 156 valence electrons. The summed E-state index contributed by atoms with van der Waals surface area (Å²) < 4.78 is 25.9. The van der Waals surface area contributed by atoms with E-state index in [1.807, 2.05) is 5.01 Å². The zero-order chi connectivity index (χ0) is 20.5. The Labute approximate surface area is 169 Å². The van der Waals surface area contributed by atoms with Crippen LogP contribution in [0.2, 0.25) is 0 Å². The van der Waals surface area contributed by atoms with Crippen LogP contribution in [0.3, 0.4) is 0 Å². The number of carbonyl (C=O) groups is 1. The molecule has 2 saturated heterocycles. The van der Waals surface area contributed by atoms with Crippen LogP contribution < -0.4 is 10.2 Å². The summed E-state index contributed by atoms with van der Waals surface area (Å²) in [5, 5.41) is 4.67. The number of anilines is 1. The summed E-state index contributed by atoms with van der Waals surface area (Å²) in [6.45, 7) is 5.11. The highest BCUT2D eigenvalue weighted by Gasteiger charge is 2.54. The molecule has 0 radical (unpaired) electrons. The first kappa shape index (κ1) is 19.8. The van der Waals surface area contributed by atoms with Crippen LogP contribution in [-0.2, 0) is 4.79 Å². The van der Waals surface area contributed by atoms with Crippen molar-refractivity contribution in [2.75, 3.05) is 24.5 Å². The van der Waals surface area contributed by atoms with Gasteiger partial charge in [-0.05, 0) is 37.0 Å². The number of alkyl halides is 2. The number of rotatable bonds is 7. The number of nitrogens with one attached hydrogen (secondary N) is 1. The van der Waals surface area contributed by atoms with E-state index in [-0.39, 0.29) is 29.6 Å². The van der Waals surface area contributed by atoms with Crippen LogP contribution in [0.1, 0.15) is 37.7 Å². The summed E-state index contributed by atoms with van der Waals surface area (Å²) in [7, 11) is 0. The Hall–Kier alpha value is -2.51. The van der Waals surface area contributed by atoms with Crippen LogP contribution in [0, 0.1) is 16.7 Å². The van der Waals surface area contributed by atoms with E-state index in [9.17, 15) is 18.5 Å². The maximum Gasteiger partial charge on any atom is 0.263 e. The standard InChI is InChI=1S/C21H26F2N4O2/c1-2-19(28)24-11-15-12-25(17-7-5-16(6-8-17)21(22)23)20-10-18(9-14-3-4-14)27(29)26(20)13-15/h2,5-8,14-15,18,20-21H,1,3-4,9-13H2/p+1. The number of nitrogens with zero attached hydrogens (tertiary/aromatic N) is 3. The molecule has 0 bridgehead atoms. The third kappa shape index (κ3) is 4.26. The van der Waals surface area contributed by atoms with Gasteiger partial charge in [0.05, 0.1) is 17.9 Å². The third-order valence-electron chi connectivity index (χ3n) is 6.18. The van der Waals surface area contributed by atoms with Crippen molar-refractivity contribution in [3.8, 4) is 0 Å². The second-order valence-electron chi connectivity index (χ2n) is 8.33. The SMILES string of the molecule is C=CC(=O)NCC1CN(c2ccc(C(F)F)cc2)C2CC(CC3CC3)[N+](=O)N2C1. The third-order valence-corrected chi connectivity index (χ3v) is 6.18. The second kappa shape index (κ2) is 8.08. The van der Waals surface area contributed by atoms with Gasteiger partial charge in [-0.15, -0.1) is 5.01 Å². The summed E-state index contributed by atoms with van der Waals surface area (Å²) in [6.07, 6.45) is 2.69. The average Bonchev–Trinajstić information content (AvgIpc) is 3.49. The number of nitroso groups, excluding NO2 is 1. The van der Waals surface area contributed by atoms with Crippen molar-refractivity contribution < 1.29 is 18.4 Å². The van der Waals surface area contributed by atoms with Gasteiger partial charge in [0.15, 0.2) is 6.17 Å². The largest absolute Gasteiger partial charge is 0.352 e. The minimum atomic E-state index is -2.50. The average molecular weight is 405 g/mol. The lowest BCUT2D eigenvalue weighted by atomic mass is 10.0. The smallest absolute Gasteiger partial charge is 0.263 e. The molecule has 0 spiro atoms. The Morgan fingerprint density at radius 2 is 1.97 bits per heavy atom. The molecule has 3 unspecified atom stereocenters. The first-order chi connectivity index (χ1) is 14.0. The van der Waals surface area contributed by atoms with Crippen LogP contribution in [-0.4, -0.2) is 47.6 Å². The van der Waals surface area contributed by atoms with Gasteiger partial charge in [-0.1, -0.05) is 18.7 Å². The summed E-state index contributed by atoms with van der Waals surface area (Å²) in [6, 6.07) is 6.25. The molecule has 2 heterocycles. The lowest BCUT2D eigenvalue weighted by molar-refractivity contribution is -0.718. The molecule has 8 heteroatoms.